The molecule has 1 aromatic rings. The van der Waals surface area contributed by atoms with Crippen molar-refractivity contribution in [2.45, 2.75) is 58.4 Å². The van der Waals surface area contributed by atoms with Crippen LogP contribution in [0.25, 0.3) is 0 Å². The molecule has 0 aromatic heterocycles. The second-order valence-electron chi connectivity index (χ2n) is 6.50. The van der Waals surface area contributed by atoms with Gasteiger partial charge in [0.05, 0.1) is 0 Å². The summed E-state index contributed by atoms with van der Waals surface area (Å²) in [6.07, 6.45) is -6.04. The van der Waals surface area contributed by atoms with E-state index in [1.54, 1.807) is 30.3 Å². The molecule has 0 radical (unpaired) electrons. The van der Waals surface area contributed by atoms with Gasteiger partial charge in [-0.3, -0.25) is 19.2 Å². The number of hydrogen-bond acceptors (Lipinski definition) is 10. The van der Waals surface area contributed by atoms with Crippen LogP contribution in [-0.2, 0) is 42.9 Å². The Morgan fingerprint density at radius 3 is 1.83 bits per heavy atom. The van der Waals surface area contributed by atoms with Gasteiger partial charge in [-0.25, -0.2) is 0 Å². The van der Waals surface area contributed by atoms with Gasteiger partial charge >= 0.3 is 23.9 Å². The number of esters is 4. The van der Waals surface area contributed by atoms with Crippen molar-refractivity contribution in [1.29, 1.82) is 0 Å². The van der Waals surface area contributed by atoms with Gasteiger partial charge in [-0.05, 0) is 12.1 Å². The molecule has 0 spiro atoms. The predicted molar refractivity (Wildman–Crippen MR) is 99.0 cm³/mol. The molecule has 0 saturated carbocycles. The minimum Gasteiger partial charge on any atom is -0.463 e. The zero-order valence-electron chi connectivity index (χ0n) is 17.1. The average molecular weight is 424 g/mol. The summed E-state index contributed by atoms with van der Waals surface area (Å²) >= 11 is 0. The van der Waals surface area contributed by atoms with Crippen molar-refractivity contribution >= 4 is 23.9 Å². The first-order valence-corrected chi connectivity index (χ1v) is 9.19. The molecule has 1 aliphatic heterocycles. The molecule has 1 heterocycles. The lowest BCUT2D eigenvalue weighted by Crippen LogP contribution is -2.63. The van der Waals surface area contributed by atoms with Crippen molar-refractivity contribution in [2.24, 2.45) is 0 Å². The van der Waals surface area contributed by atoms with Crippen molar-refractivity contribution < 1.29 is 47.6 Å². The Morgan fingerprint density at radius 2 is 1.30 bits per heavy atom. The maximum absolute atomic E-state index is 11.7. The van der Waals surface area contributed by atoms with Crippen LogP contribution < -0.4 is 4.74 Å². The maximum Gasteiger partial charge on any atom is 0.303 e. The van der Waals surface area contributed by atoms with Crippen LogP contribution in [0, 0.1) is 0 Å². The Bertz CT molecular complexity index is 762. The highest BCUT2D eigenvalue weighted by atomic mass is 16.7. The predicted octanol–water partition coefficient (Wildman–Crippen LogP) is 1.15. The SMILES string of the molecule is CC(=O)OCC1O[C@@H](Oc2ccccc2)[C@@H](OC(C)=O)C(OC(C)=O)[C@H]1OC(C)=O. The molecule has 10 heteroatoms. The second-order valence-corrected chi connectivity index (χ2v) is 6.50. The van der Waals surface area contributed by atoms with Gasteiger partial charge in [0.15, 0.2) is 12.2 Å². The summed E-state index contributed by atoms with van der Waals surface area (Å²) in [4.78, 5) is 46.4. The van der Waals surface area contributed by atoms with Crippen LogP contribution in [-0.4, -0.2) is 61.2 Å². The summed E-state index contributed by atoms with van der Waals surface area (Å²) in [7, 11) is 0. The molecular weight excluding hydrogens is 400 g/mol. The Morgan fingerprint density at radius 1 is 0.767 bits per heavy atom. The van der Waals surface area contributed by atoms with Gasteiger partial charge in [0.25, 0.3) is 0 Å². The van der Waals surface area contributed by atoms with Gasteiger partial charge in [0.2, 0.25) is 12.4 Å². The van der Waals surface area contributed by atoms with Crippen LogP contribution in [0.1, 0.15) is 27.7 Å². The summed E-state index contributed by atoms with van der Waals surface area (Å²) in [6.45, 7) is 4.36. The molecule has 0 bridgehead atoms. The molecule has 164 valence electrons. The number of para-hydroxylation sites is 1. The Hall–Kier alpha value is -3.14. The Kier molecular flexibility index (Phi) is 8.16. The topological polar surface area (TPSA) is 124 Å². The van der Waals surface area contributed by atoms with Crippen LogP contribution in [0.5, 0.6) is 5.75 Å². The number of hydrogen-bond donors (Lipinski definition) is 0. The van der Waals surface area contributed by atoms with Crippen LogP contribution in [0.4, 0.5) is 0 Å². The highest BCUT2D eigenvalue weighted by Crippen LogP contribution is 2.30. The number of carbonyl (C=O) groups is 4. The normalized spacial score (nSPS) is 25.5. The Balaban J connectivity index is 2.42. The van der Waals surface area contributed by atoms with Crippen molar-refractivity contribution in [1.82, 2.24) is 0 Å². The van der Waals surface area contributed by atoms with Crippen molar-refractivity contribution in [2.75, 3.05) is 6.61 Å². The van der Waals surface area contributed by atoms with E-state index < -0.39 is 54.6 Å². The summed E-state index contributed by atoms with van der Waals surface area (Å²) in [5.74, 6) is -2.30. The van der Waals surface area contributed by atoms with Gasteiger partial charge in [0.1, 0.15) is 18.5 Å². The van der Waals surface area contributed by atoms with Crippen LogP contribution in [0.15, 0.2) is 30.3 Å². The van der Waals surface area contributed by atoms with Crippen LogP contribution in [0.3, 0.4) is 0 Å². The molecule has 30 heavy (non-hydrogen) atoms. The fraction of sp³-hybridized carbons (Fsp3) is 0.500. The van der Waals surface area contributed by atoms with Gasteiger partial charge in [-0.15, -0.1) is 0 Å². The molecule has 10 nitrogen and oxygen atoms in total. The lowest BCUT2D eigenvalue weighted by molar-refractivity contribution is -0.288. The summed E-state index contributed by atoms with van der Waals surface area (Å²) < 4.78 is 32.6. The van der Waals surface area contributed by atoms with E-state index in [-0.39, 0.29) is 6.61 Å². The first kappa shape index (κ1) is 23.1. The minimum atomic E-state index is -1.27. The van der Waals surface area contributed by atoms with Crippen molar-refractivity contribution in [3.63, 3.8) is 0 Å². The van der Waals surface area contributed by atoms with E-state index in [1.807, 2.05) is 0 Å². The molecule has 2 unspecified atom stereocenters. The fourth-order valence-electron chi connectivity index (χ4n) is 2.92. The van der Waals surface area contributed by atoms with E-state index >= 15 is 0 Å². The van der Waals surface area contributed by atoms with E-state index in [0.717, 1.165) is 20.8 Å². The third-order valence-corrected chi connectivity index (χ3v) is 3.94. The van der Waals surface area contributed by atoms with E-state index in [4.69, 9.17) is 28.4 Å². The van der Waals surface area contributed by atoms with Gasteiger partial charge in [-0.1, -0.05) is 18.2 Å². The zero-order chi connectivity index (χ0) is 22.3. The number of benzene rings is 1. The van der Waals surface area contributed by atoms with Crippen molar-refractivity contribution in [3.05, 3.63) is 30.3 Å². The molecule has 0 aliphatic carbocycles. The van der Waals surface area contributed by atoms with Gasteiger partial charge < -0.3 is 28.4 Å². The van der Waals surface area contributed by atoms with E-state index in [2.05, 4.69) is 0 Å². The third-order valence-electron chi connectivity index (χ3n) is 3.94. The average Bonchev–Trinajstić information content (AvgIpc) is 2.64. The molecule has 2 rings (SSSR count). The molecule has 1 fully saturated rings. The van der Waals surface area contributed by atoms with E-state index in [9.17, 15) is 19.2 Å². The molecule has 1 saturated heterocycles. The second kappa shape index (κ2) is 10.6. The number of rotatable bonds is 7. The first-order valence-electron chi connectivity index (χ1n) is 9.19. The minimum absolute atomic E-state index is 0.313. The zero-order valence-corrected chi connectivity index (χ0v) is 17.1. The number of carbonyl (C=O) groups excluding carboxylic acids is 4. The van der Waals surface area contributed by atoms with Crippen LogP contribution in [0.2, 0.25) is 0 Å². The fourth-order valence-corrected chi connectivity index (χ4v) is 2.92. The molecule has 5 atom stereocenters. The lowest BCUT2D eigenvalue weighted by atomic mass is 9.98. The molecule has 1 aromatic carbocycles. The third kappa shape index (κ3) is 6.73. The highest BCUT2D eigenvalue weighted by molar-refractivity contribution is 5.68. The molecule has 0 N–H and O–H groups in total. The summed E-state index contributed by atoms with van der Waals surface area (Å²) in [5, 5.41) is 0. The number of ether oxygens (including phenoxy) is 6. The van der Waals surface area contributed by atoms with Crippen molar-refractivity contribution in [3.8, 4) is 5.75 Å². The van der Waals surface area contributed by atoms with Gasteiger partial charge in [-0.2, -0.15) is 0 Å². The molecular formula is C20H24O10. The molecule has 1 aliphatic rings. The summed E-state index contributed by atoms with van der Waals surface area (Å²) in [6, 6.07) is 8.52. The lowest BCUT2D eigenvalue weighted by Gasteiger charge is -2.43. The van der Waals surface area contributed by atoms with E-state index in [1.165, 1.54) is 6.92 Å². The molecule has 0 amide bonds. The monoisotopic (exact) mass is 424 g/mol. The van der Waals surface area contributed by atoms with E-state index in [0.29, 0.717) is 5.75 Å². The smallest absolute Gasteiger partial charge is 0.303 e. The van der Waals surface area contributed by atoms with Crippen LogP contribution >= 0.6 is 0 Å². The highest BCUT2D eigenvalue weighted by Gasteiger charge is 2.53. The Labute approximate surface area is 173 Å². The van der Waals surface area contributed by atoms with Gasteiger partial charge in [0, 0.05) is 27.7 Å². The largest absolute Gasteiger partial charge is 0.463 e. The summed E-state index contributed by atoms with van der Waals surface area (Å²) in [5.41, 5.74) is 0. The quantitative estimate of drug-likeness (QED) is 0.465. The maximum atomic E-state index is 11.7. The first-order chi connectivity index (χ1) is 14.2. The standard InChI is InChI=1S/C20H24O10/c1-11(21)25-10-16-17(26-12(2)22)18(27-13(3)23)19(28-14(4)24)20(30-16)29-15-8-6-5-7-9-15/h5-9,16-20H,10H2,1-4H3/t16?,17-,18?,19-,20+/m0/s1.